The zero-order valence-electron chi connectivity index (χ0n) is 14.0. The molecule has 0 unspecified atom stereocenters. The lowest BCUT2D eigenvalue weighted by Crippen LogP contribution is -2.48. The monoisotopic (exact) mass is 312 g/mol. The molecular weight excluding hydrogens is 288 g/mol. The molecule has 0 aromatic heterocycles. The fourth-order valence-electron chi connectivity index (χ4n) is 3.75. The van der Waals surface area contributed by atoms with E-state index in [4.69, 9.17) is 4.74 Å². The van der Waals surface area contributed by atoms with Gasteiger partial charge in [0.25, 0.3) is 0 Å². The summed E-state index contributed by atoms with van der Waals surface area (Å²) in [5.74, 6) is 0.483. The van der Waals surface area contributed by atoms with Gasteiger partial charge in [-0.2, -0.15) is 5.26 Å². The maximum Gasteiger partial charge on any atom is 0.243 e. The average molecular weight is 312 g/mol. The Morgan fingerprint density at radius 1 is 1.35 bits per heavy atom. The number of hydrogen-bond donors (Lipinski definition) is 0. The number of nitriles is 1. The number of carbonyl (C=O) groups excluding carboxylic acids is 1. The molecule has 0 aliphatic carbocycles. The molecule has 1 saturated heterocycles. The van der Waals surface area contributed by atoms with Crippen LogP contribution in [0.2, 0.25) is 0 Å². The topological polar surface area (TPSA) is 53.3 Å². The number of fused-ring (bicyclic) bond motifs is 1. The van der Waals surface area contributed by atoms with Crippen LogP contribution in [0.4, 0.5) is 0 Å². The molecule has 0 spiro atoms. The second-order valence-electron chi connectivity index (χ2n) is 6.92. The number of ether oxygens (including phenoxy) is 1. The summed E-state index contributed by atoms with van der Waals surface area (Å²) in [5, 5.41) is 9.60. The summed E-state index contributed by atoms with van der Waals surface area (Å²) in [6, 6.07) is 8.68. The molecule has 2 aliphatic rings. The van der Waals surface area contributed by atoms with Crippen molar-refractivity contribution in [1.82, 2.24) is 4.90 Å². The Kier molecular flexibility index (Phi) is 4.41. The lowest BCUT2D eigenvalue weighted by atomic mass is 9.79. The summed E-state index contributed by atoms with van der Waals surface area (Å²) in [7, 11) is 0. The molecule has 0 saturated carbocycles. The van der Waals surface area contributed by atoms with Crippen molar-refractivity contribution in [3.05, 3.63) is 34.9 Å². The fraction of sp³-hybridized carbons (Fsp3) is 0.579. The second kappa shape index (κ2) is 6.33. The van der Waals surface area contributed by atoms with Crippen molar-refractivity contribution in [3.8, 4) is 6.07 Å². The van der Waals surface area contributed by atoms with Crippen LogP contribution in [0, 0.1) is 16.7 Å². The molecule has 0 atom stereocenters. The van der Waals surface area contributed by atoms with E-state index in [1.54, 1.807) is 0 Å². The van der Waals surface area contributed by atoms with Crippen molar-refractivity contribution in [2.24, 2.45) is 5.41 Å². The summed E-state index contributed by atoms with van der Waals surface area (Å²) < 4.78 is 5.34. The highest BCUT2D eigenvalue weighted by molar-refractivity contribution is 5.86. The van der Waals surface area contributed by atoms with Gasteiger partial charge in [-0.1, -0.05) is 32.0 Å². The van der Waals surface area contributed by atoms with Gasteiger partial charge in [-0.05, 0) is 41.9 Å². The Morgan fingerprint density at radius 3 is 2.74 bits per heavy atom. The minimum absolute atomic E-state index is 0.0103. The molecule has 4 heteroatoms. The Bertz CT molecular complexity index is 639. The van der Waals surface area contributed by atoms with Crippen molar-refractivity contribution in [3.63, 3.8) is 0 Å². The Morgan fingerprint density at radius 2 is 2.09 bits per heavy atom. The van der Waals surface area contributed by atoms with Crippen molar-refractivity contribution < 1.29 is 9.53 Å². The molecule has 122 valence electrons. The lowest BCUT2D eigenvalue weighted by Gasteiger charge is -2.37. The van der Waals surface area contributed by atoms with E-state index >= 15 is 0 Å². The molecule has 3 rings (SSSR count). The predicted molar refractivity (Wildman–Crippen MR) is 87.8 cm³/mol. The first kappa shape index (κ1) is 16.0. The normalized spacial score (nSPS) is 20.0. The van der Waals surface area contributed by atoms with Crippen molar-refractivity contribution in [2.75, 3.05) is 19.8 Å². The van der Waals surface area contributed by atoms with Gasteiger partial charge in [-0.25, -0.2) is 0 Å². The van der Waals surface area contributed by atoms with Crippen LogP contribution in [0.5, 0.6) is 0 Å². The highest BCUT2D eigenvalue weighted by atomic mass is 16.5. The minimum atomic E-state index is -0.884. The van der Waals surface area contributed by atoms with Crippen LogP contribution in [0.3, 0.4) is 0 Å². The molecule has 1 aromatic carbocycles. The molecule has 1 amide bonds. The quantitative estimate of drug-likeness (QED) is 0.843. The first-order chi connectivity index (χ1) is 11.1. The van der Waals surface area contributed by atoms with Crippen LogP contribution in [-0.4, -0.2) is 30.6 Å². The maximum atomic E-state index is 13.0. The number of hydrogen-bond acceptors (Lipinski definition) is 3. The summed E-state index contributed by atoms with van der Waals surface area (Å²) in [6.07, 6.45) is 1.91. The van der Waals surface area contributed by atoms with E-state index in [9.17, 15) is 10.1 Å². The molecular formula is C19H24N2O2. The van der Waals surface area contributed by atoms with Gasteiger partial charge in [0.2, 0.25) is 5.91 Å². The van der Waals surface area contributed by atoms with Crippen molar-refractivity contribution in [2.45, 2.75) is 45.6 Å². The molecule has 2 heterocycles. The van der Waals surface area contributed by atoms with Gasteiger partial charge in [0, 0.05) is 26.3 Å². The van der Waals surface area contributed by atoms with Crippen LogP contribution in [0.15, 0.2) is 18.2 Å². The van der Waals surface area contributed by atoms with Crippen molar-refractivity contribution in [1.29, 1.82) is 5.26 Å². The van der Waals surface area contributed by atoms with E-state index in [0.717, 1.165) is 6.42 Å². The van der Waals surface area contributed by atoms with Crippen LogP contribution in [0.1, 0.15) is 49.3 Å². The largest absolute Gasteiger partial charge is 0.381 e. The summed E-state index contributed by atoms with van der Waals surface area (Å²) in [5.41, 5.74) is 3.13. The zero-order valence-corrected chi connectivity index (χ0v) is 14.0. The first-order valence-electron chi connectivity index (χ1n) is 8.46. The highest BCUT2D eigenvalue weighted by Crippen LogP contribution is 2.35. The summed E-state index contributed by atoms with van der Waals surface area (Å²) >= 11 is 0. The predicted octanol–water partition coefficient (Wildman–Crippen LogP) is 3.02. The van der Waals surface area contributed by atoms with Gasteiger partial charge in [-0.3, -0.25) is 4.79 Å². The van der Waals surface area contributed by atoms with Gasteiger partial charge in [0.15, 0.2) is 0 Å². The number of rotatable bonds is 2. The Hall–Kier alpha value is -1.86. The van der Waals surface area contributed by atoms with E-state index in [0.29, 0.717) is 45.1 Å². The number of nitrogens with zero attached hydrogens (tertiary/aromatic N) is 2. The van der Waals surface area contributed by atoms with E-state index in [-0.39, 0.29) is 5.91 Å². The van der Waals surface area contributed by atoms with Gasteiger partial charge in [0.1, 0.15) is 5.41 Å². The van der Waals surface area contributed by atoms with E-state index < -0.39 is 5.41 Å². The number of amides is 1. The SMILES string of the molecule is CC(C)c1cccc2c1CCN(C(=O)C1(C#N)CCOCC1)C2. The zero-order chi connectivity index (χ0) is 16.4. The van der Waals surface area contributed by atoms with Crippen LogP contribution >= 0.6 is 0 Å². The van der Waals surface area contributed by atoms with Gasteiger partial charge in [-0.15, -0.1) is 0 Å². The van der Waals surface area contributed by atoms with E-state index in [1.165, 1.54) is 16.7 Å². The molecule has 4 nitrogen and oxygen atoms in total. The Labute approximate surface area is 138 Å². The summed E-state index contributed by atoms with van der Waals surface area (Å²) in [6.45, 7) is 6.75. The van der Waals surface area contributed by atoms with Crippen LogP contribution in [0.25, 0.3) is 0 Å². The molecule has 23 heavy (non-hydrogen) atoms. The van der Waals surface area contributed by atoms with Gasteiger partial charge >= 0.3 is 0 Å². The molecule has 2 aliphatic heterocycles. The standard InChI is InChI=1S/C19H24N2O2/c1-14(2)16-5-3-4-15-12-21(9-6-17(15)16)18(22)19(13-20)7-10-23-11-8-19/h3-5,14H,6-12H2,1-2H3. The van der Waals surface area contributed by atoms with E-state index in [2.05, 4.69) is 38.1 Å². The number of carbonyl (C=O) groups is 1. The second-order valence-corrected chi connectivity index (χ2v) is 6.92. The van der Waals surface area contributed by atoms with Gasteiger partial charge < -0.3 is 9.64 Å². The third-order valence-corrected chi connectivity index (χ3v) is 5.18. The van der Waals surface area contributed by atoms with E-state index in [1.807, 2.05) is 4.90 Å². The summed E-state index contributed by atoms with van der Waals surface area (Å²) in [4.78, 5) is 14.9. The third-order valence-electron chi connectivity index (χ3n) is 5.18. The molecule has 0 radical (unpaired) electrons. The highest BCUT2D eigenvalue weighted by Gasteiger charge is 2.43. The smallest absolute Gasteiger partial charge is 0.243 e. The van der Waals surface area contributed by atoms with Gasteiger partial charge in [0.05, 0.1) is 6.07 Å². The van der Waals surface area contributed by atoms with Crippen molar-refractivity contribution >= 4 is 5.91 Å². The average Bonchev–Trinajstić information content (AvgIpc) is 2.60. The lowest BCUT2D eigenvalue weighted by molar-refractivity contribution is -0.144. The fourth-order valence-corrected chi connectivity index (χ4v) is 3.75. The third kappa shape index (κ3) is 2.86. The van der Waals surface area contributed by atoms with Crippen LogP contribution in [-0.2, 0) is 22.5 Å². The number of benzene rings is 1. The molecule has 1 fully saturated rings. The maximum absolute atomic E-state index is 13.0. The first-order valence-corrected chi connectivity index (χ1v) is 8.46. The molecule has 0 bridgehead atoms. The Balaban J connectivity index is 1.83. The molecule has 0 N–H and O–H groups in total. The molecule has 1 aromatic rings. The van der Waals surface area contributed by atoms with Crippen LogP contribution < -0.4 is 0 Å². The minimum Gasteiger partial charge on any atom is -0.381 e.